The van der Waals surface area contributed by atoms with E-state index in [-0.39, 0.29) is 18.6 Å². The average molecular weight is 440 g/mol. The summed E-state index contributed by atoms with van der Waals surface area (Å²) in [4.78, 5) is 29.1. The lowest BCUT2D eigenvalue weighted by Crippen LogP contribution is -2.33. The van der Waals surface area contributed by atoms with Gasteiger partial charge in [0.15, 0.2) is 0 Å². The number of carbonyl (C=O) groups excluding carboxylic acids is 2. The van der Waals surface area contributed by atoms with Crippen LogP contribution in [0.5, 0.6) is 0 Å². The normalized spacial score (nSPS) is 15.7. The molecule has 0 spiro atoms. The molecule has 160 valence electrons. The van der Waals surface area contributed by atoms with E-state index in [0.717, 1.165) is 27.6 Å². The van der Waals surface area contributed by atoms with E-state index in [9.17, 15) is 9.59 Å². The summed E-state index contributed by atoms with van der Waals surface area (Å²) in [5, 5.41) is 14.8. The molecule has 0 bridgehead atoms. The second-order valence-electron chi connectivity index (χ2n) is 7.03. The van der Waals surface area contributed by atoms with Crippen molar-refractivity contribution in [2.45, 2.75) is 23.9 Å². The highest BCUT2D eigenvalue weighted by molar-refractivity contribution is 7.98. The Balaban J connectivity index is 1.37. The molecule has 0 aliphatic carbocycles. The van der Waals surface area contributed by atoms with Crippen molar-refractivity contribution in [3.05, 3.63) is 48.2 Å². The molecule has 0 saturated carbocycles. The summed E-state index contributed by atoms with van der Waals surface area (Å²) in [7, 11) is 1.81. The number of hydrogen-bond donors (Lipinski definition) is 1. The number of benzene rings is 1. The molecule has 3 heterocycles. The minimum atomic E-state index is -0.462. The Bertz CT molecular complexity index is 1070. The van der Waals surface area contributed by atoms with Gasteiger partial charge in [0.1, 0.15) is 11.9 Å². The van der Waals surface area contributed by atoms with Gasteiger partial charge < -0.3 is 10.1 Å². The summed E-state index contributed by atoms with van der Waals surface area (Å²) in [6.07, 6.45) is 0.884. The lowest BCUT2D eigenvalue weighted by Gasteiger charge is -2.12. The molecule has 1 aliphatic heterocycles. The van der Waals surface area contributed by atoms with Crippen molar-refractivity contribution < 1.29 is 14.3 Å². The molecule has 3 aromatic rings. The minimum Gasteiger partial charge on any atom is -0.442 e. The highest BCUT2D eigenvalue weighted by Gasteiger charge is 2.33. The Morgan fingerprint density at radius 2 is 2.00 bits per heavy atom. The largest absolute Gasteiger partial charge is 0.442 e. The Morgan fingerprint density at radius 1 is 1.23 bits per heavy atom. The van der Waals surface area contributed by atoms with E-state index in [4.69, 9.17) is 4.74 Å². The van der Waals surface area contributed by atoms with Gasteiger partial charge in [-0.05, 0) is 33.7 Å². The van der Waals surface area contributed by atoms with Crippen LogP contribution in [-0.2, 0) is 22.3 Å². The molecule has 1 saturated heterocycles. The van der Waals surface area contributed by atoms with Gasteiger partial charge in [-0.2, -0.15) is 0 Å². The summed E-state index contributed by atoms with van der Waals surface area (Å²) >= 11 is 1.57. The van der Waals surface area contributed by atoms with E-state index in [1.165, 1.54) is 11.8 Å². The Morgan fingerprint density at radius 3 is 2.65 bits per heavy atom. The molecule has 1 aliphatic rings. The van der Waals surface area contributed by atoms with Crippen LogP contribution in [0.3, 0.4) is 0 Å². The topological polar surface area (TPSA) is 115 Å². The van der Waals surface area contributed by atoms with Crippen LogP contribution in [0.25, 0.3) is 11.1 Å². The van der Waals surface area contributed by atoms with Crippen LogP contribution in [0.4, 0.5) is 10.6 Å². The quantitative estimate of drug-likeness (QED) is 0.556. The first-order valence-corrected chi connectivity index (χ1v) is 10.6. The molecule has 0 radical (unpaired) electrons. The van der Waals surface area contributed by atoms with Crippen molar-refractivity contribution >= 4 is 29.6 Å². The van der Waals surface area contributed by atoms with Crippen LogP contribution in [0.2, 0.25) is 0 Å². The molecular weight excluding hydrogens is 418 g/mol. The van der Waals surface area contributed by atoms with Gasteiger partial charge >= 0.3 is 6.09 Å². The zero-order valence-electron chi connectivity index (χ0n) is 17.1. The Kier molecular flexibility index (Phi) is 6.12. The number of nitrogens with zero attached hydrogens (tertiary/aromatic N) is 6. The molecule has 2 amide bonds. The standard InChI is InChI=1S/C20H21N7O3S/c1-13(28)21-10-17-11-27(20(29)30-17)18-8-7-16(9-22-18)15-5-3-14(4-6-15)12-31-19-23-24-25-26(19)2/h3-9,17H,10-12H2,1-2H3,(H,21,28). The maximum absolute atomic E-state index is 12.1. The van der Waals surface area contributed by atoms with E-state index >= 15 is 0 Å². The highest BCUT2D eigenvalue weighted by Crippen LogP contribution is 2.25. The van der Waals surface area contributed by atoms with Crippen LogP contribution >= 0.6 is 11.8 Å². The number of ether oxygens (including phenoxy) is 1. The molecular formula is C20H21N7O3S. The Hall–Kier alpha value is -3.47. The number of pyridine rings is 1. The Labute approximate surface area is 183 Å². The molecule has 1 aromatic carbocycles. The number of thioether (sulfide) groups is 1. The van der Waals surface area contributed by atoms with Crippen LogP contribution < -0.4 is 10.2 Å². The second kappa shape index (κ2) is 9.13. The van der Waals surface area contributed by atoms with E-state index in [1.807, 2.05) is 25.2 Å². The summed E-state index contributed by atoms with van der Waals surface area (Å²) in [6.45, 7) is 2.06. The molecule has 1 N–H and O–H groups in total. The molecule has 1 unspecified atom stereocenters. The highest BCUT2D eigenvalue weighted by atomic mass is 32.2. The summed E-state index contributed by atoms with van der Waals surface area (Å²) < 4.78 is 6.92. The number of aryl methyl sites for hydroxylation is 1. The van der Waals surface area contributed by atoms with Crippen LogP contribution in [0.15, 0.2) is 47.8 Å². The third-order valence-corrected chi connectivity index (χ3v) is 5.80. The van der Waals surface area contributed by atoms with Crippen molar-refractivity contribution in [3.63, 3.8) is 0 Å². The van der Waals surface area contributed by atoms with E-state index in [1.54, 1.807) is 28.7 Å². The monoisotopic (exact) mass is 439 g/mol. The zero-order valence-corrected chi connectivity index (χ0v) is 17.9. The van der Waals surface area contributed by atoms with Crippen LogP contribution in [0.1, 0.15) is 12.5 Å². The van der Waals surface area contributed by atoms with Gasteiger partial charge in [-0.3, -0.25) is 9.69 Å². The second-order valence-corrected chi connectivity index (χ2v) is 7.97. The summed E-state index contributed by atoms with van der Waals surface area (Å²) in [6, 6.07) is 11.9. The van der Waals surface area contributed by atoms with Crippen LogP contribution in [0, 0.1) is 0 Å². The average Bonchev–Trinajstić information content (AvgIpc) is 3.36. The predicted molar refractivity (Wildman–Crippen MR) is 114 cm³/mol. The van der Waals surface area contributed by atoms with Gasteiger partial charge in [0.05, 0.1) is 13.1 Å². The van der Waals surface area contributed by atoms with E-state index in [2.05, 4.69) is 38.0 Å². The lowest BCUT2D eigenvalue weighted by molar-refractivity contribution is -0.119. The molecule has 2 aromatic heterocycles. The van der Waals surface area contributed by atoms with E-state index < -0.39 is 6.09 Å². The number of anilines is 1. The molecule has 11 heteroatoms. The van der Waals surface area contributed by atoms with Crippen LogP contribution in [-0.4, -0.2) is 56.4 Å². The molecule has 1 fully saturated rings. The number of amides is 2. The number of carbonyl (C=O) groups is 2. The fourth-order valence-corrected chi connectivity index (χ4v) is 3.88. The summed E-state index contributed by atoms with van der Waals surface area (Å²) in [5.74, 6) is 1.12. The number of rotatable bonds is 7. The first kappa shape index (κ1) is 20.8. The molecule has 10 nitrogen and oxygen atoms in total. The SMILES string of the molecule is CC(=O)NCC1CN(c2ccc(-c3ccc(CSc4nnnn4C)cc3)cn2)C(=O)O1. The predicted octanol–water partition coefficient (Wildman–Crippen LogP) is 2.03. The maximum atomic E-state index is 12.1. The van der Waals surface area contributed by atoms with E-state index in [0.29, 0.717) is 12.4 Å². The van der Waals surface area contributed by atoms with Gasteiger partial charge in [-0.1, -0.05) is 36.0 Å². The van der Waals surface area contributed by atoms with Gasteiger partial charge in [-0.15, -0.1) is 5.10 Å². The molecule has 31 heavy (non-hydrogen) atoms. The molecule has 1 atom stereocenters. The van der Waals surface area contributed by atoms with Gasteiger partial charge in [0, 0.05) is 31.5 Å². The first-order chi connectivity index (χ1) is 15.0. The van der Waals surface area contributed by atoms with Gasteiger partial charge in [0.2, 0.25) is 11.1 Å². The molecule has 4 rings (SSSR count). The van der Waals surface area contributed by atoms with Crippen molar-refractivity contribution in [1.82, 2.24) is 30.5 Å². The fraction of sp³-hybridized carbons (Fsp3) is 0.300. The number of nitrogens with one attached hydrogen (secondary N) is 1. The van der Waals surface area contributed by atoms with Gasteiger partial charge in [0.25, 0.3) is 0 Å². The number of hydrogen-bond acceptors (Lipinski definition) is 8. The smallest absolute Gasteiger partial charge is 0.416 e. The number of cyclic esters (lactones) is 1. The third-order valence-electron chi connectivity index (χ3n) is 4.71. The third kappa shape index (κ3) is 5.00. The fourth-order valence-electron chi connectivity index (χ4n) is 3.07. The maximum Gasteiger partial charge on any atom is 0.416 e. The zero-order chi connectivity index (χ0) is 21.8. The van der Waals surface area contributed by atoms with Crippen molar-refractivity contribution in [3.8, 4) is 11.1 Å². The summed E-state index contributed by atoms with van der Waals surface area (Å²) in [5.41, 5.74) is 3.13. The number of tetrazole rings is 1. The van der Waals surface area contributed by atoms with Crippen molar-refractivity contribution in [1.29, 1.82) is 0 Å². The van der Waals surface area contributed by atoms with Crippen molar-refractivity contribution in [2.24, 2.45) is 7.05 Å². The first-order valence-electron chi connectivity index (χ1n) is 9.62. The minimum absolute atomic E-state index is 0.160. The van der Waals surface area contributed by atoms with Crippen molar-refractivity contribution in [2.75, 3.05) is 18.0 Å². The number of aromatic nitrogens is 5. The van der Waals surface area contributed by atoms with Gasteiger partial charge in [-0.25, -0.2) is 14.5 Å². The lowest BCUT2D eigenvalue weighted by atomic mass is 10.1.